The highest BCUT2D eigenvalue weighted by molar-refractivity contribution is 5.94. The Morgan fingerprint density at radius 3 is 2.33 bits per heavy atom. The van der Waals surface area contributed by atoms with Crippen molar-refractivity contribution in [2.75, 3.05) is 0 Å². The molecule has 0 aromatic rings. The maximum absolute atomic E-state index is 10.4. The number of rotatable bonds is 2. The van der Waals surface area contributed by atoms with Gasteiger partial charge in [0.1, 0.15) is 0 Å². The highest BCUT2D eigenvalue weighted by Crippen LogP contribution is 1.85. The Morgan fingerprint density at radius 1 is 1.44 bits per heavy atom. The van der Waals surface area contributed by atoms with Gasteiger partial charge < -0.3 is 0 Å². The Hall–Kier alpha value is -1.12. The number of amides is 2. The molecule has 0 fully saturated rings. The molecule has 0 heterocycles. The van der Waals surface area contributed by atoms with E-state index >= 15 is 0 Å². The summed E-state index contributed by atoms with van der Waals surface area (Å²) in [6.45, 7) is 3.56. The van der Waals surface area contributed by atoms with Crippen molar-refractivity contribution in [1.82, 2.24) is 5.32 Å². The quantitative estimate of drug-likeness (QED) is 0.426. The first-order valence-electron chi connectivity index (χ1n) is 2.56. The summed E-state index contributed by atoms with van der Waals surface area (Å²) in [5, 5.41) is 1.98. The van der Waals surface area contributed by atoms with Crippen LogP contribution in [-0.4, -0.2) is 12.3 Å². The predicted octanol–water partition coefficient (Wildman–Crippen LogP) is 0.225. The Labute approximate surface area is 53.7 Å². The van der Waals surface area contributed by atoms with Gasteiger partial charge in [-0.05, 0) is 13.8 Å². The molecule has 0 bridgehead atoms. The predicted molar refractivity (Wildman–Crippen MR) is 33.6 cm³/mol. The van der Waals surface area contributed by atoms with Crippen LogP contribution in [0.5, 0.6) is 0 Å². The lowest BCUT2D eigenvalue weighted by Crippen LogP contribution is -2.18. The average molecular weight is 127 g/mol. The molecule has 0 aliphatic rings. The molecule has 3 heteroatoms. The van der Waals surface area contributed by atoms with Crippen molar-refractivity contribution in [3.8, 4) is 0 Å². The van der Waals surface area contributed by atoms with Crippen LogP contribution in [0.15, 0.2) is 11.6 Å². The van der Waals surface area contributed by atoms with Crippen molar-refractivity contribution in [2.24, 2.45) is 0 Å². The zero-order chi connectivity index (χ0) is 7.28. The van der Waals surface area contributed by atoms with E-state index in [4.69, 9.17) is 0 Å². The van der Waals surface area contributed by atoms with Gasteiger partial charge in [0.15, 0.2) is 0 Å². The van der Waals surface area contributed by atoms with Gasteiger partial charge in [-0.3, -0.25) is 14.9 Å². The maximum atomic E-state index is 10.4. The van der Waals surface area contributed by atoms with Crippen LogP contribution >= 0.6 is 0 Å². The minimum absolute atomic E-state index is 0.363. The van der Waals surface area contributed by atoms with Gasteiger partial charge in [0.25, 0.3) is 0 Å². The van der Waals surface area contributed by atoms with Gasteiger partial charge in [0.05, 0.1) is 0 Å². The normalized spacial score (nSPS) is 7.78. The SMILES string of the molecule is CC(C)=CC(=O)NC=O. The lowest BCUT2D eigenvalue weighted by Gasteiger charge is -1.88. The second-order valence-electron chi connectivity index (χ2n) is 1.85. The lowest BCUT2D eigenvalue weighted by atomic mass is 10.3. The molecule has 3 nitrogen and oxygen atoms in total. The van der Waals surface area contributed by atoms with Gasteiger partial charge in [0.2, 0.25) is 12.3 Å². The van der Waals surface area contributed by atoms with E-state index in [1.165, 1.54) is 6.08 Å². The molecule has 9 heavy (non-hydrogen) atoms. The minimum atomic E-state index is -0.370. The first-order valence-corrected chi connectivity index (χ1v) is 2.56. The molecule has 1 N–H and O–H groups in total. The maximum Gasteiger partial charge on any atom is 0.250 e. The fourth-order valence-corrected chi connectivity index (χ4v) is 0.362. The van der Waals surface area contributed by atoms with E-state index in [0.717, 1.165) is 5.57 Å². The molecule has 0 aliphatic heterocycles. The van der Waals surface area contributed by atoms with Crippen molar-refractivity contribution >= 4 is 12.3 Å². The van der Waals surface area contributed by atoms with Crippen LogP contribution in [0, 0.1) is 0 Å². The molecule has 0 atom stereocenters. The lowest BCUT2D eigenvalue weighted by molar-refractivity contribution is -0.121. The number of carbonyl (C=O) groups excluding carboxylic acids is 2. The molecular weight excluding hydrogens is 118 g/mol. The largest absolute Gasteiger partial charge is 0.295 e. The summed E-state index contributed by atoms with van der Waals surface area (Å²) in [4.78, 5) is 20.1. The van der Waals surface area contributed by atoms with E-state index in [1.807, 2.05) is 5.32 Å². The molecule has 0 aromatic carbocycles. The first-order chi connectivity index (χ1) is 4.16. The molecule has 0 radical (unpaired) electrons. The van der Waals surface area contributed by atoms with Crippen LogP contribution in [0.2, 0.25) is 0 Å². The van der Waals surface area contributed by atoms with Crippen molar-refractivity contribution in [3.63, 3.8) is 0 Å². The molecule has 0 aromatic heterocycles. The highest BCUT2D eigenvalue weighted by Gasteiger charge is 1.89. The van der Waals surface area contributed by atoms with E-state index in [1.54, 1.807) is 13.8 Å². The summed E-state index contributed by atoms with van der Waals surface area (Å²) in [5.74, 6) is -0.370. The third-order valence-corrected chi connectivity index (χ3v) is 0.621. The topological polar surface area (TPSA) is 46.2 Å². The van der Waals surface area contributed by atoms with Crippen LogP contribution in [0.25, 0.3) is 0 Å². The number of allylic oxidation sites excluding steroid dienone is 1. The number of carbonyl (C=O) groups is 2. The summed E-state index contributed by atoms with van der Waals surface area (Å²) in [6.07, 6.45) is 1.72. The van der Waals surface area contributed by atoms with E-state index in [-0.39, 0.29) is 5.91 Å². The van der Waals surface area contributed by atoms with E-state index in [0.29, 0.717) is 6.41 Å². The summed E-state index contributed by atoms with van der Waals surface area (Å²) in [6, 6.07) is 0. The Morgan fingerprint density at radius 2 is 2.00 bits per heavy atom. The van der Waals surface area contributed by atoms with E-state index in [9.17, 15) is 9.59 Å². The molecule has 0 rings (SSSR count). The molecule has 0 spiro atoms. The molecular formula is C6H9NO2. The van der Waals surface area contributed by atoms with Crippen LogP contribution in [0.1, 0.15) is 13.8 Å². The van der Waals surface area contributed by atoms with Crippen molar-refractivity contribution in [2.45, 2.75) is 13.8 Å². The standard InChI is InChI=1S/C6H9NO2/c1-5(2)3-6(9)7-4-8/h3-4H,1-2H3,(H,7,8,9). The number of hydrogen-bond acceptors (Lipinski definition) is 2. The molecule has 50 valence electrons. The Bertz CT molecular complexity index is 145. The van der Waals surface area contributed by atoms with E-state index < -0.39 is 0 Å². The van der Waals surface area contributed by atoms with Crippen molar-refractivity contribution in [1.29, 1.82) is 0 Å². The van der Waals surface area contributed by atoms with Crippen LogP contribution in [0.4, 0.5) is 0 Å². The van der Waals surface area contributed by atoms with Crippen LogP contribution in [0.3, 0.4) is 0 Å². The van der Waals surface area contributed by atoms with Gasteiger partial charge in [-0.25, -0.2) is 0 Å². The zero-order valence-electron chi connectivity index (χ0n) is 5.47. The monoisotopic (exact) mass is 127 g/mol. The van der Waals surface area contributed by atoms with Gasteiger partial charge in [-0.2, -0.15) is 0 Å². The van der Waals surface area contributed by atoms with Crippen molar-refractivity contribution in [3.05, 3.63) is 11.6 Å². The fourth-order valence-electron chi connectivity index (χ4n) is 0.362. The highest BCUT2D eigenvalue weighted by atomic mass is 16.2. The van der Waals surface area contributed by atoms with Crippen LogP contribution < -0.4 is 5.32 Å². The van der Waals surface area contributed by atoms with Gasteiger partial charge >= 0.3 is 0 Å². The third kappa shape index (κ3) is 4.74. The summed E-state index contributed by atoms with van der Waals surface area (Å²) in [5.41, 5.74) is 0.870. The third-order valence-electron chi connectivity index (χ3n) is 0.621. The zero-order valence-corrected chi connectivity index (χ0v) is 5.47. The number of hydrogen-bond donors (Lipinski definition) is 1. The summed E-state index contributed by atoms with van der Waals surface area (Å²) >= 11 is 0. The minimum Gasteiger partial charge on any atom is -0.295 e. The summed E-state index contributed by atoms with van der Waals surface area (Å²) < 4.78 is 0. The Balaban J connectivity index is 3.76. The van der Waals surface area contributed by atoms with Gasteiger partial charge in [0, 0.05) is 6.08 Å². The first kappa shape index (κ1) is 7.88. The molecule has 0 aliphatic carbocycles. The molecule has 0 saturated heterocycles. The molecule has 0 saturated carbocycles. The van der Waals surface area contributed by atoms with Crippen LogP contribution in [-0.2, 0) is 9.59 Å². The molecule has 0 unspecified atom stereocenters. The van der Waals surface area contributed by atoms with Gasteiger partial charge in [-0.1, -0.05) is 5.57 Å². The summed E-state index contributed by atoms with van der Waals surface area (Å²) in [7, 11) is 0. The van der Waals surface area contributed by atoms with E-state index in [2.05, 4.69) is 0 Å². The second kappa shape index (κ2) is 3.83. The van der Waals surface area contributed by atoms with Crippen molar-refractivity contribution < 1.29 is 9.59 Å². The second-order valence-corrected chi connectivity index (χ2v) is 1.85. The van der Waals surface area contributed by atoms with Gasteiger partial charge in [-0.15, -0.1) is 0 Å². The molecule has 2 amide bonds. The average Bonchev–Trinajstić information content (AvgIpc) is 1.63. The number of imide groups is 1. The smallest absolute Gasteiger partial charge is 0.250 e. The number of nitrogens with one attached hydrogen (secondary N) is 1. The fraction of sp³-hybridized carbons (Fsp3) is 0.333. The Kier molecular flexibility index (Phi) is 3.35.